The molecule has 0 amide bonds. The number of halogens is 2. The van der Waals surface area contributed by atoms with Crippen LogP contribution < -0.4 is 5.43 Å². The highest BCUT2D eigenvalue weighted by Crippen LogP contribution is 2.35. The number of fused-ring (bicyclic) bond motifs is 1. The van der Waals surface area contributed by atoms with Crippen LogP contribution in [0.25, 0.3) is 20.5 Å². The van der Waals surface area contributed by atoms with Gasteiger partial charge < -0.3 is 0 Å². The molecular weight excluding hydrogens is 435 g/mol. The molecule has 1 aromatic heterocycles. The van der Waals surface area contributed by atoms with Crippen LogP contribution in [0.5, 0.6) is 0 Å². The van der Waals surface area contributed by atoms with Crippen LogP contribution in [-0.2, 0) is 0 Å². The zero-order chi connectivity index (χ0) is 13.4. The molecule has 0 saturated heterocycles. The van der Waals surface area contributed by atoms with Crippen molar-refractivity contribution in [1.82, 2.24) is 0 Å². The fourth-order valence-electron chi connectivity index (χ4n) is 1.94. The fraction of sp³-hybridized carbons (Fsp3) is 0. The van der Waals surface area contributed by atoms with Crippen molar-refractivity contribution in [3.8, 4) is 10.4 Å². The highest BCUT2D eigenvalue weighted by Gasteiger charge is 2.13. The van der Waals surface area contributed by atoms with Crippen molar-refractivity contribution in [3.63, 3.8) is 0 Å². The molecule has 0 aliphatic rings. The van der Waals surface area contributed by atoms with Crippen LogP contribution in [-0.4, -0.2) is 0 Å². The van der Waals surface area contributed by atoms with E-state index in [1.54, 1.807) is 11.3 Å². The van der Waals surface area contributed by atoms with Gasteiger partial charge in [0.2, 0.25) is 5.43 Å². The Bertz CT molecular complexity index is 826. The largest absolute Gasteiger partial charge is 0.288 e. The molecule has 1 heterocycles. The third kappa shape index (κ3) is 2.37. The Morgan fingerprint density at radius 3 is 2.47 bits per heavy atom. The van der Waals surface area contributed by atoms with Crippen molar-refractivity contribution in [1.29, 1.82) is 0 Å². The minimum absolute atomic E-state index is 0.112. The summed E-state index contributed by atoms with van der Waals surface area (Å²) in [6.45, 7) is 0. The van der Waals surface area contributed by atoms with E-state index in [0.29, 0.717) is 0 Å². The lowest BCUT2D eigenvalue weighted by atomic mass is 10.2. The summed E-state index contributed by atoms with van der Waals surface area (Å²) in [6.07, 6.45) is 0. The first kappa shape index (κ1) is 13.3. The number of rotatable bonds is 1. The number of hydrogen-bond donors (Lipinski definition) is 0. The zero-order valence-electron chi connectivity index (χ0n) is 9.69. The molecule has 0 spiro atoms. The van der Waals surface area contributed by atoms with Gasteiger partial charge in [-0.2, -0.15) is 0 Å². The van der Waals surface area contributed by atoms with E-state index in [4.69, 9.17) is 0 Å². The van der Waals surface area contributed by atoms with E-state index in [0.717, 1.165) is 28.6 Å². The molecule has 0 aliphatic carbocycles. The van der Waals surface area contributed by atoms with Gasteiger partial charge in [0.05, 0.1) is 8.45 Å². The molecule has 1 nitrogen and oxygen atoms in total. The smallest absolute Gasteiger partial charge is 0.201 e. The van der Waals surface area contributed by atoms with E-state index in [9.17, 15) is 4.79 Å². The van der Waals surface area contributed by atoms with Gasteiger partial charge in [-0.3, -0.25) is 4.79 Å². The van der Waals surface area contributed by atoms with Gasteiger partial charge in [-0.1, -0.05) is 46.3 Å². The minimum atomic E-state index is 0.112. The van der Waals surface area contributed by atoms with Crippen molar-refractivity contribution in [2.24, 2.45) is 0 Å². The fourth-order valence-corrected chi connectivity index (χ4v) is 4.57. The zero-order valence-corrected chi connectivity index (χ0v) is 14.3. The van der Waals surface area contributed by atoms with E-state index in [1.165, 1.54) is 0 Å². The number of hydrogen-bond acceptors (Lipinski definition) is 2. The Balaban J connectivity index is 2.40. The van der Waals surface area contributed by atoms with E-state index >= 15 is 0 Å². The molecule has 94 valence electrons. The SMILES string of the molecule is O=c1c(I)c(-c2ccccc2Br)sc2ccccc12. The Morgan fingerprint density at radius 1 is 1.00 bits per heavy atom. The van der Waals surface area contributed by atoms with Gasteiger partial charge in [0, 0.05) is 20.1 Å². The molecule has 19 heavy (non-hydrogen) atoms. The lowest BCUT2D eigenvalue weighted by molar-refractivity contribution is 1.59. The molecule has 2 aromatic carbocycles. The van der Waals surface area contributed by atoms with E-state index in [2.05, 4.69) is 38.5 Å². The minimum Gasteiger partial charge on any atom is -0.288 e. The molecule has 0 saturated carbocycles. The first-order chi connectivity index (χ1) is 9.18. The quantitative estimate of drug-likeness (QED) is 0.467. The van der Waals surface area contributed by atoms with Crippen molar-refractivity contribution < 1.29 is 0 Å². The second-order valence-electron chi connectivity index (χ2n) is 4.05. The monoisotopic (exact) mass is 442 g/mol. The van der Waals surface area contributed by atoms with Crippen molar-refractivity contribution in [3.05, 3.63) is 66.8 Å². The molecule has 0 bridgehead atoms. The molecule has 4 heteroatoms. The molecule has 0 N–H and O–H groups in total. The van der Waals surface area contributed by atoms with Crippen molar-refractivity contribution >= 4 is 59.9 Å². The van der Waals surface area contributed by atoms with Gasteiger partial charge in [0.1, 0.15) is 0 Å². The van der Waals surface area contributed by atoms with Gasteiger partial charge in [-0.05, 0) is 40.8 Å². The highest BCUT2D eigenvalue weighted by molar-refractivity contribution is 14.1. The topological polar surface area (TPSA) is 17.1 Å². The van der Waals surface area contributed by atoms with Crippen LogP contribution in [0.4, 0.5) is 0 Å². The summed E-state index contributed by atoms with van der Waals surface area (Å²) in [7, 11) is 0. The van der Waals surface area contributed by atoms with E-state index in [1.807, 2.05) is 48.5 Å². The summed E-state index contributed by atoms with van der Waals surface area (Å²) in [5, 5.41) is 0.799. The Hall–Kier alpha value is -0.720. The summed E-state index contributed by atoms with van der Waals surface area (Å²) in [5.41, 5.74) is 1.18. The average molecular weight is 443 g/mol. The van der Waals surface area contributed by atoms with Crippen LogP contribution in [0, 0.1) is 3.57 Å². The maximum absolute atomic E-state index is 12.4. The summed E-state index contributed by atoms with van der Waals surface area (Å²) in [5.74, 6) is 0. The summed E-state index contributed by atoms with van der Waals surface area (Å²) < 4.78 is 2.82. The lowest BCUT2D eigenvalue weighted by Crippen LogP contribution is -2.06. The maximum Gasteiger partial charge on any atom is 0.201 e. The summed E-state index contributed by atoms with van der Waals surface area (Å²) in [6, 6.07) is 15.8. The van der Waals surface area contributed by atoms with Gasteiger partial charge >= 0.3 is 0 Å². The third-order valence-electron chi connectivity index (χ3n) is 2.86. The molecule has 0 unspecified atom stereocenters. The first-order valence-electron chi connectivity index (χ1n) is 5.65. The predicted octanol–water partition coefficient (Wildman–Crippen LogP) is 5.30. The van der Waals surface area contributed by atoms with E-state index < -0.39 is 0 Å². The van der Waals surface area contributed by atoms with Crippen LogP contribution in [0.15, 0.2) is 57.8 Å². The second kappa shape index (κ2) is 5.34. The maximum atomic E-state index is 12.4. The van der Waals surface area contributed by atoms with Gasteiger partial charge in [0.25, 0.3) is 0 Å². The van der Waals surface area contributed by atoms with Gasteiger partial charge in [0.15, 0.2) is 0 Å². The third-order valence-corrected chi connectivity index (χ3v) is 6.15. The van der Waals surface area contributed by atoms with Gasteiger partial charge in [-0.15, -0.1) is 11.3 Å². The average Bonchev–Trinajstić information content (AvgIpc) is 2.44. The highest BCUT2D eigenvalue weighted by atomic mass is 127. The van der Waals surface area contributed by atoms with Crippen molar-refractivity contribution in [2.45, 2.75) is 0 Å². The van der Waals surface area contributed by atoms with Crippen LogP contribution in [0.1, 0.15) is 0 Å². The molecule has 0 aliphatic heterocycles. The lowest BCUT2D eigenvalue weighted by Gasteiger charge is -2.07. The molecular formula is C15H8BrIOS. The number of benzene rings is 2. The first-order valence-corrected chi connectivity index (χ1v) is 8.33. The van der Waals surface area contributed by atoms with Crippen LogP contribution in [0.3, 0.4) is 0 Å². The van der Waals surface area contributed by atoms with Crippen LogP contribution in [0.2, 0.25) is 0 Å². The molecule has 0 atom stereocenters. The van der Waals surface area contributed by atoms with Gasteiger partial charge in [-0.25, -0.2) is 0 Å². The Morgan fingerprint density at radius 2 is 1.68 bits per heavy atom. The normalized spacial score (nSPS) is 10.8. The summed E-state index contributed by atoms with van der Waals surface area (Å²) in [4.78, 5) is 13.4. The molecule has 3 rings (SSSR count). The van der Waals surface area contributed by atoms with Crippen molar-refractivity contribution in [2.75, 3.05) is 0 Å². The Labute approximate surface area is 136 Å². The van der Waals surface area contributed by atoms with Crippen LogP contribution >= 0.6 is 49.9 Å². The second-order valence-corrected chi connectivity index (χ2v) is 7.04. The summed E-state index contributed by atoms with van der Waals surface area (Å²) >= 11 is 7.36. The Kier molecular flexibility index (Phi) is 3.73. The standard InChI is InChI=1S/C15H8BrIOS/c16-11-7-3-1-5-9(11)15-13(17)14(18)10-6-2-4-8-12(10)19-15/h1-8H. The van der Waals surface area contributed by atoms with E-state index in [-0.39, 0.29) is 5.43 Å². The molecule has 0 fully saturated rings. The predicted molar refractivity (Wildman–Crippen MR) is 93.9 cm³/mol. The molecule has 0 radical (unpaired) electrons. The molecule has 3 aromatic rings.